The number of aryl methyl sites for hydroxylation is 1. The number of hydrogen-bond donors (Lipinski definition) is 0. The molecule has 0 unspecified atom stereocenters. The number of hydrogen-bond acceptors (Lipinski definition) is 8. The number of piperazine rings is 1. The van der Waals surface area contributed by atoms with Crippen LogP contribution in [-0.4, -0.2) is 69.0 Å². The quantitative estimate of drug-likeness (QED) is 0.677. The van der Waals surface area contributed by atoms with Crippen molar-refractivity contribution in [1.29, 1.82) is 0 Å². The smallest absolute Gasteiger partial charge is 0.165 e. The monoisotopic (exact) mass is 379 g/mol. The van der Waals surface area contributed by atoms with Gasteiger partial charge in [0.15, 0.2) is 28.6 Å². The van der Waals surface area contributed by atoms with Crippen LogP contribution < -0.4 is 14.7 Å². The van der Waals surface area contributed by atoms with Gasteiger partial charge in [-0.25, -0.2) is 15.0 Å². The van der Waals surface area contributed by atoms with Crippen LogP contribution >= 0.6 is 0 Å². The van der Waals surface area contributed by atoms with Gasteiger partial charge in [0.05, 0.1) is 6.33 Å². The van der Waals surface area contributed by atoms with Gasteiger partial charge in [-0.2, -0.15) is 0 Å². The molecular weight excluding hydrogens is 354 g/mol. The third-order valence-electron chi connectivity index (χ3n) is 5.70. The lowest BCUT2D eigenvalue weighted by Gasteiger charge is -2.36. The Morgan fingerprint density at radius 1 is 0.714 bits per heavy atom. The van der Waals surface area contributed by atoms with Crippen molar-refractivity contribution in [1.82, 2.24) is 29.7 Å². The van der Waals surface area contributed by atoms with Gasteiger partial charge in [0, 0.05) is 46.3 Å². The summed E-state index contributed by atoms with van der Waals surface area (Å²) in [5.41, 5.74) is 1.73. The molecule has 146 valence electrons. The lowest BCUT2D eigenvalue weighted by Crippen LogP contribution is -2.47. The predicted molar refractivity (Wildman–Crippen MR) is 109 cm³/mol. The van der Waals surface area contributed by atoms with Gasteiger partial charge in [0.2, 0.25) is 0 Å². The van der Waals surface area contributed by atoms with Crippen LogP contribution in [0.1, 0.15) is 19.3 Å². The van der Waals surface area contributed by atoms with Crippen molar-refractivity contribution in [2.75, 3.05) is 54.0 Å². The van der Waals surface area contributed by atoms with Crippen LogP contribution in [-0.2, 0) is 7.05 Å². The van der Waals surface area contributed by atoms with Gasteiger partial charge < -0.3 is 19.3 Å². The fourth-order valence-corrected chi connectivity index (χ4v) is 4.09. The molecule has 9 nitrogen and oxygen atoms in total. The summed E-state index contributed by atoms with van der Waals surface area (Å²) in [6.45, 7) is 5.70. The first-order chi connectivity index (χ1) is 13.8. The zero-order valence-corrected chi connectivity index (χ0v) is 16.2. The van der Waals surface area contributed by atoms with Crippen LogP contribution in [0.25, 0.3) is 11.2 Å². The summed E-state index contributed by atoms with van der Waals surface area (Å²) < 4.78 is 1.93. The molecule has 2 aliphatic heterocycles. The lowest BCUT2D eigenvalue weighted by molar-refractivity contribution is 0.570. The lowest BCUT2D eigenvalue weighted by atomic mass is 10.1. The van der Waals surface area contributed by atoms with Crippen molar-refractivity contribution in [3.05, 3.63) is 24.8 Å². The molecule has 0 atom stereocenters. The summed E-state index contributed by atoms with van der Waals surface area (Å²) in [5, 5.41) is 8.99. The van der Waals surface area contributed by atoms with Crippen molar-refractivity contribution in [3.63, 3.8) is 0 Å². The molecule has 3 aromatic heterocycles. The molecule has 0 radical (unpaired) electrons. The number of imidazole rings is 1. The van der Waals surface area contributed by atoms with Gasteiger partial charge >= 0.3 is 0 Å². The molecule has 5 rings (SSSR count). The Kier molecular flexibility index (Phi) is 4.42. The Balaban J connectivity index is 1.26. The van der Waals surface area contributed by atoms with E-state index >= 15 is 0 Å². The highest BCUT2D eigenvalue weighted by Crippen LogP contribution is 2.24. The minimum absolute atomic E-state index is 0.865. The highest BCUT2D eigenvalue weighted by Gasteiger charge is 2.22. The summed E-state index contributed by atoms with van der Waals surface area (Å²) in [6.07, 6.45) is 7.23. The van der Waals surface area contributed by atoms with Crippen LogP contribution in [0.2, 0.25) is 0 Å². The number of rotatable bonds is 3. The fourth-order valence-electron chi connectivity index (χ4n) is 4.09. The first-order valence-electron chi connectivity index (χ1n) is 10.0. The van der Waals surface area contributed by atoms with Crippen LogP contribution in [0.3, 0.4) is 0 Å². The third kappa shape index (κ3) is 3.10. The van der Waals surface area contributed by atoms with E-state index in [4.69, 9.17) is 0 Å². The molecule has 0 aromatic carbocycles. The van der Waals surface area contributed by atoms with Gasteiger partial charge in [-0.05, 0) is 31.4 Å². The summed E-state index contributed by atoms with van der Waals surface area (Å²) in [6, 6.07) is 4.22. The Morgan fingerprint density at radius 3 is 2.04 bits per heavy atom. The highest BCUT2D eigenvalue weighted by atomic mass is 15.4. The van der Waals surface area contributed by atoms with Crippen molar-refractivity contribution >= 4 is 28.6 Å². The van der Waals surface area contributed by atoms with Gasteiger partial charge in [-0.15, -0.1) is 10.2 Å². The maximum atomic E-state index is 4.50. The molecule has 0 amide bonds. The molecule has 0 saturated carbocycles. The molecule has 2 aliphatic rings. The molecular formula is C19H25N9. The van der Waals surface area contributed by atoms with Gasteiger partial charge in [0.1, 0.15) is 6.33 Å². The van der Waals surface area contributed by atoms with Crippen molar-refractivity contribution in [2.24, 2.45) is 7.05 Å². The number of fused-ring (bicyclic) bond motifs is 1. The molecule has 0 spiro atoms. The Morgan fingerprint density at radius 2 is 1.36 bits per heavy atom. The van der Waals surface area contributed by atoms with E-state index < -0.39 is 0 Å². The van der Waals surface area contributed by atoms with Gasteiger partial charge in [-0.3, -0.25) is 0 Å². The van der Waals surface area contributed by atoms with Crippen molar-refractivity contribution in [3.8, 4) is 0 Å². The molecule has 28 heavy (non-hydrogen) atoms. The summed E-state index contributed by atoms with van der Waals surface area (Å²) >= 11 is 0. The second kappa shape index (κ2) is 7.21. The van der Waals surface area contributed by atoms with E-state index in [0.717, 1.165) is 67.9 Å². The molecule has 9 heteroatoms. The summed E-state index contributed by atoms with van der Waals surface area (Å²) in [4.78, 5) is 20.2. The number of nitrogens with zero attached hydrogens (tertiary/aromatic N) is 9. The average molecular weight is 379 g/mol. The molecule has 0 bridgehead atoms. The molecule has 0 N–H and O–H groups in total. The Labute approximate surface area is 164 Å². The van der Waals surface area contributed by atoms with E-state index in [1.165, 1.54) is 19.3 Å². The zero-order valence-electron chi connectivity index (χ0n) is 16.2. The maximum Gasteiger partial charge on any atom is 0.165 e. The Hall–Kier alpha value is -2.97. The number of aromatic nitrogens is 6. The van der Waals surface area contributed by atoms with Crippen LogP contribution in [0.15, 0.2) is 24.8 Å². The minimum Gasteiger partial charge on any atom is -0.355 e. The molecule has 3 aromatic rings. The molecule has 2 fully saturated rings. The number of anilines is 3. The van der Waals surface area contributed by atoms with Crippen LogP contribution in [0.4, 0.5) is 17.5 Å². The number of piperidine rings is 1. The first kappa shape index (κ1) is 17.2. The van der Waals surface area contributed by atoms with Crippen molar-refractivity contribution < 1.29 is 0 Å². The normalized spacial score (nSPS) is 18.1. The van der Waals surface area contributed by atoms with Crippen molar-refractivity contribution in [2.45, 2.75) is 19.3 Å². The van der Waals surface area contributed by atoms with Gasteiger partial charge in [-0.1, -0.05) is 0 Å². The maximum absolute atomic E-state index is 4.50. The van der Waals surface area contributed by atoms with E-state index in [1.807, 2.05) is 11.6 Å². The van der Waals surface area contributed by atoms with E-state index in [1.54, 1.807) is 12.7 Å². The SMILES string of the molecule is Cn1cnc2c(N3CCN(c4ccc(N5CCCCC5)nn4)CC3)ncnc21. The van der Waals surface area contributed by atoms with E-state index in [-0.39, 0.29) is 0 Å². The van der Waals surface area contributed by atoms with Crippen LogP contribution in [0.5, 0.6) is 0 Å². The van der Waals surface area contributed by atoms with Crippen LogP contribution in [0, 0.1) is 0 Å². The van der Waals surface area contributed by atoms with E-state index in [0.29, 0.717) is 0 Å². The average Bonchev–Trinajstić information content (AvgIpc) is 3.16. The molecule has 0 aliphatic carbocycles. The first-order valence-corrected chi connectivity index (χ1v) is 10.0. The van der Waals surface area contributed by atoms with Gasteiger partial charge in [0.25, 0.3) is 0 Å². The second-order valence-electron chi connectivity index (χ2n) is 7.50. The second-order valence-corrected chi connectivity index (χ2v) is 7.50. The molecule has 5 heterocycles. The summed E-state index contributed by atoms with van der Waals surface area (Å²) in [5.74, 6) is 2.86. The third-order valence-corrected chi connectivity index (χ3v) is 5.70. The minimum atomic E-state index is 0.865. The topological polar surface area (TPSA) is 79.1 Å². The predicted octanol–water partition coefficient (Wildman–Crippen LogP) is 1.47. The highest BCUT2D eigenvalue weighted by molar-refractivity contribution is 5.83. The Bertz CT molecular complexity index is 938. The largest absolute Gasteiger partial charge is 0.355 e. The fraction of sp³-hybridized carbons (Fsp3) is 0.526. The zero-order chi connectivity index (χ0) is 18.9. The standard InChI is InChI=1S/C19H25N9/c1-25-14-22-17-18(25)20-13-21-19(17)28-11-9-27(10-12-28)16-6-5-15(23-24-16)26-7-3-2-4-8-26/h5-6,13-14H,2-4,7-12H2,1H3. The molecule has 2 saturated heterocycles. The van der Waals surface area contributed by atoms with E-state index in [2.05, 4.69) is 52.0 Å². The summed E-state index contributed by atoms with van der Waals surface area (Å²) in [7, 11) is 1.95. The van der Waals surface area contributed by atoms with E-state index in [9.17, 15) is 0 Å².